The van der Waals surface area contributed by atoms with Gasteiger partial charge in [0.2, 0.25) is 0 Å². The standard InChI is InChI=1S/C59H86N2O19/c1-35-17-15-13-11-9-7-5-6-8-10-12-14-16-18-47(78-58-55(73)53(61)54(72)37(3)77-58)32-50-52(57(74)76-4)49(70)34-59(75,80-50)33-46(68)29-44(66)27-42(64)25-41(63)26-43(65)28-45(67)31-51(71)79-56(35)36(2)19-24-40(62)30-48(69)38-20-22-39(60)23-21-38/h5-18,20-23,35-37,40-42,44-47,49-50,52-56,58,62-64,66-68,70,72-73,75H,19,24-34,60-61H2,1-4H3/b6-5+,9-7+,10-8+,13-11+,14-12+,17-15+,18-16+. The lowest BCUT2D eigenvalue weighted by molar-refractivity contribution is -0.308. The number of ketones is 2. The lowest BCUT2D eigenvalue weighted by Crippen LogP contribution is -2.61. The second kappa shape index (κ2) is 33.7. The SMILES string of the molecule is COC(=O)C1C(O)CC2(O)CC(O)CC(O)CC(O)CC(O)CC(=O)CC(O)CC(=O)OC(C(C)CCC(O)CC(=O)c3ccc(N)cc3)C(C)/C=C/C=C/C=C/C=C/C=C/C=C/C=C/C(OC3OC(C)C(O)C(N)C3O)CC1O2. The largest absolute Gasteiger partial charge is 0.469 e. The van der Waals surface area contributed by atoms with E-state index < -0.39 is 160 Å². The van der Waals surface area contributed by atoms with Crippen LogP contribution in [0, 0.1) is 17.8 Å². The van der Waals surface area contributed by atoms with Gasteiger partial charge in [-0.1, -0.05) is 98.9 Å². The van der Waals surface area contributed by atoms with Gasteiger partial charge in [0, 0.05) is 55.7 Å². The Hall–Kier alpha value is -5.08. The summed E-state index contributed by atoms with van der Waals surface area (Å²) in [5.74, 6) is -6.91. The molecule has 21 heteroatoms. The van der Waals surface area contributed by atoms with E-state index in [9.17, 15) is 70.2 Å². The van der Waals surface area contributed by atoms with E-state index in [2.05, 4.69) is 0 Å². The first-order chi connectivity index (χ1) is 37.9. The Morgan fingerprint density at radius 3 is 1.86 bits per heavy atom. The van der Waals surface area contributed by atoms with E-state index in [1.807, 2.05) is 19.9 Å². The third-order valence-corrected chi connectivity index (χ3v) is 14.3. The van der Waals surface area contributed by atoms with Crippen LogP contribution in [0.15, 0.2) is 109 Å². The van der Waals surface area contributed by atoms with E-state index in [1.165, 1.54) is 0 Å². The number of carbonyl (C=O) groups excluding carboxylic acids is 4. The van der Waals surface area contributed by atoms with E-state index in [0.717, 1.165) is 7.11 Å². The van der Waals surface area contributed by atoms with Gasteiger partial charge in [0.15, 0.2) is 17.9 Å². The van der Waals surface area contributed by atoms with Gasteiger partial charge in [-0.05, 0) is 69.2 Å². The zero-order chi connectivity index (χ0) is 59.1. The molecule has 3 aliphatic heterocycles. The Labute approximate surface area is 468 Å². The van der Waals surface area contributed by atoms with E-state index in [0.29, 0.717) is 17.7 Å². The number of methoxy groups -OCH3 is 1. The average molecular weight is 1130 g/mol. The molecule has 21 nitrogen and oxygen atoms in total. The number of Topliss-reactive ketones (excluding diaryl/α,β-unsaturated/α-hetero) is 2. The topological polar surface area (TPSA) is 369 Å². The van der Waals surface area contributed by atoms with Crippen molar-refractivity contribution in [3.63, 3.8) is 0 Å². The predicted octanol–water partition coefficient (Wildman–Crippen LogP) is 2.37. The number of hydrogen-bond donors (Lipinski definition) is 12. The number of esters is 2. The molecule has 1 aromatic rings. The number of fused-ring (bicyclic) bond motifs is 2. The number of carbonyl (C=O) groups is 4. The first-order valence-electron chi connectivity index (χ1n) is 27.3. The van der Waals surface area contributed by atoms with Crippen LogP contribution in [0.1, 0.15) is 108 Å². The molecule has 3 aliphatic rings. The summed E-state index contributed by atoms with van der Waals surface area (Å²) in [4.78, 5) is 52.2. The Balaban J connectivity index is 1.55. The number of allylic oxidation sites excluding steroid dienone is 12. The van der Waals surface area contributed by atoms with E-state index in [4.69, 9.17) is 35.2 Å². The van der Waals surface area contributed by atoms with Crippen molar-refractivity contribution in [1.82, 2.24) is 0 Å². The Kier molecular flexibility index (Phi) is 28.4. The lowest BCUT2D eigenvalue weighted by Gasteiger charge is -2.45. The number of benzene rings is 1. The molecule has 0 aliphatic carbocycles. The van der Waals surface area contributed by atoms with Crippen LogP contribution in [0.4, 0.5) is 5.69 Å². The van der Waals surface area contributed by atoms with Crippen LogP contribution in [-0.4, -0.2) is 179 Å². The summed E-state index contributed by atoms with van der Waals surface area (Å²) in [6, 6.07) is 5.24. The van der Waals surface area contributed by atoms with Gasteiger partial charge in [0.05, 0.1) is 86.7 Å². The molecule has 0 radical (unpaired) electrons. The van der Waals surface area contributed by atoms with Gasteiger partial charge < -0.3 is 86.2 Å². The highest BCUT2D eigenvalue weighted by molar-refractivity contribution is 5.96. The molecule has 4 rings (SSSR count). The third kappa shape index (κ3) is 23.0. The number of cyclic esters (lactones) is 1. The quantitative estimate of drug-likeness (QED) is 0.0909. The van der Waals surface area contributed by atoms with Crippen molar-refractivity contribution in [3.05, 3.63) is 115 Å². The number of hydrogen-bond acceptors (Lipinski definition) is 21. The van der Waals surface area contributed by atoms with Gasteiger partial charge in [-0.15, -0.1) is 0 Å². The molecule has 80 heavy (non-hydrogen) atoms. The summed E-state index contributed by atoms with van der Waals surface area (Å²) in [5.41, 5.74) is 12.7. The second-order valence-electron chi connectivity index (χ2n) is 21.4. The molecule has 19 unspecified atom stereocenters. The number of aliphatic hydroxyl groups is 10. The smallest absolute Gasteiger partial charge is 0.313 e. The maximum atomic E-state index is 13.3. The van der Waals surface area contributed by atoms with Crippen molar-refractivity contribution in [2.75, 3.05) is 12.8 Å². The van der Waals surface area contributed by atoms with E-state index in [-0.39, 0.29) is 49.7 Å². The molecule has 2 fully saturated rings. The number of ether oxygens (including phenoxy) is 5. The lowest BCUT2D eigenvalue weighted by atomic mass is 9.82. The number of nitrogen functional groups attached to an aromatic ring is 1. The zero-order valence-electron chi connectivity index (χ0n) is 46.1. The maximum Gasteiger partial charge on any atom is 0.313 e. The first kappa shape index (κ1) is 67.4. The highest BCUT2D eigenvalue weighted by Gasteiger charge is 2.51. The Morgan fingerprint density at radius 2 is 1.26 bits per heavy atom. The average Bonchev–Trinajstić information content (AvgIpc) is 3.48. The van der Waals surface area contributed by atoms with Crippen molar-refractivity contribution in [1.29, 1.82) is 0 Å². The molecule has 446 valence electrons. The molecular formula is C59H86N2O19. The highest BCUT2D eigenvalue weighted by Crippen LogP contribution is 2.39. The van der Waals surface area contributed by atoms with Gasteiger partial charge in [-0.3, -0.25) is 19.2 Å². The van der Waals surface area contributed by atoms with Gasteiger partial charge in [0.1, 0.15) is 23.9 Å². The molecule has 0 aromatic heterocycles. The molecule has 2 saturated heterocycles. The van der Waals surface area contributed by atoms with Crippen LogP contribution in [0.3, 0.4) is 0 Å². The van der Waals surface area contributed by atoms with Crippen molar-refractivity contribution in [3.8, 4) is 0 Å². The second-order valence-corrected chi connectivity index (χ2v) is 21.4. The molecule has 19 atom stereocenters. The van der Waals surface area contributed by atoms with Crippen molar-refractivity contribution >= 4 is 29.2 Å². The monoisotopic (exact) mass is 1130 g/mol. The third-order valence-electron chi connectivity index (χ3n) is 14.3. The minimum atomic E-state index is -2.29. The number of anilines is 1. The van der Waals surface area contributed by atoms with E-state index >= 15 is 0 Å². The predicted molar refractivity (Wildman–Crippen MR) is 294 cm³/mol. The molecule has 0 spiro atoms. The zero-order valence-corrected chi connectivity index (χ0v) is 46.1. The summed E-state index contributed by atoms with van der Waals surface area (Å²) in [6.07, 6.45) is 2.76. The summed E-state index contributed by atoms with van der Waals surface area (Å²) in [6.45, 7) is 5.23. The number of nitrogens with two attached hydrogens (primary N) is 2. The summed E-state index contributed by atoms with van der Waals surface area (Å²) >= 11 is 0. The minimum Gasteiger partial charge on any atom is -0.469 e. The van der Waals surface area contributed by atoms with Crippen LogP contribution in [-0.2, 0) is 38.1 Å². The van der Waals surface area contributed by atoms with Gasteiger partial charge >= 0.3 is 11.9 Å². The minimum absolute atomic E-state index is 0.126. The number of aliphatic hydroxyl groups excluding tert-OH is 9. The molecule has 0 saturated carbocycles. The molecular weight excluding hydrogens is 1040 g/mol. The van der Waals surface area contributed by atoms with Gasteiger partial charge in [0.25, 0.3) is 0 Å². The van der Waals surface area contributed by atoms with Crippen molar-refractivity contribution < 1.29 is 93.9 Å². The van der Waals surface area contributed by atoms with Crippen LogP contribution >= 0.6 is 0 Å². The molecule has 3 heterocycles. The van der Waals surface area contributed by atoms with Gasteiger partial charge in [-0.25, -0.2) is 0 Å². The van der Waals surface area contributed by atoms with Crippen molar-refractivity contribution in [2.24, 2.45) is 23.5 Å². The van der Waals surface area contributed by atoms with Crippen LogP contribution in [0.5, 0.6) is 0 Å². The summed E-state index contributed by atoms with van der Waals surface area (Å²) < 4.78 is 28.9. The fourth-order valence-electron chi connectivity index (χ4n) is 10.0. The van der Waals surface area contributed by atoms with Crippen LogP contribution in [0.25, 0.3) is 0 Å². The molecule has 0 amide bonds. The normalized spacial score (nSPS) is 38.0. The van der Waals surface area contributed by atoms with Crippen molar-refractivity contribution in [2.45, 2.75) is 195 Å². The fraction of sp³-hybridized carbons (Fsp3) is 0.593. The van der Waals surface area contributed by atoms with Gasteiger partial charge in [-0.2, -0.15) is 0 Å². The van der Waals surface area contributed by atoms with Crippen LogP contribution < -0.4 is 11.5 Å². The first-order valence-corrected chi connectivity index (χ1v) is 27.3. The fourth-order valence-corrected chi connectivity index (χ4v) is 10.0. The van der Waals surface area contributed by atoms with E-state index in [1.54, 1.807) is 110 Å². The number of rotatable bonds is 10. The Morgan fingerprint density at radius 1 is 0.713 bits per heavy atom. The summed E-state index contributed by atoms with van der Waals surface area (Å²) in [5, 5.41) is 109. The maximum absolute atomic E-state index is 13.3. The van der Waals surface area contributed by atoms with Crippen LogP contribution in [0.2, 0.25) is 0 Å². The highest BCUT2D eigenvalue weighted by atomic mass is 16.7. The molecule has 14 N–H and O–H groups in total. The summed E-state index contributed by atoms with van der Waals surface area (Å²) in [7, 11) is 1.11. The molecule has 2 bridgehead atoms. The molecule has 1 aromatic carbocycles. The Bertz CT molecular complexity index is 2300.